The fraction of sp³-hybridized carbons (Fsp3) is 0.524. The summed E-state index contributed by atoms with van der Waals surface area (Å²) in [6.07, 6.45) is 14.4. The normalized spacial score (nSPS) is 10.9. The maximum absolute atomic E-state index is 4.15. The van der Waals surface area contributed by atoms with Gasteiger partial charge in [-0.15, -0.1) is 0 Å². The SMILES string of the molecule is C=C(/C=C\C(=C)/C(=C/C=C(C)C)CC)CCCCC.CC. The van der Waals surface area contributed by atoms with Crippen LogP contribution in [-0.2, 0) is 0 Å². The van der Waals surface area contributed by atoms with Crippen molar-refractivity contribution in [2.24, 2.45) is 0 Å². The number of rotatable bonds is 9. The summed E-state index contributed by atoms with van der Waals surface area (Å²) in [7, 11) is 0. The lowest BCUT2D eigenvalue weighted by Crippen LogP contribution is -1.84. The van der Waals surface area contributed by atoms with Crippen LogP contribution < -0.4 is 0 Å². The minimum absolute atomic E-state index is 1.01. The van der Waals surface area contributed by atoms with E-state index in [0.29, 0.717) is 0 Å². The topological polar surface area (TPSA) is 0 Å². The molecule has 0 rings (SSSR count). The highest BCUT2D eigenvalue weighted by molar-refractivity contribution is 5.41. The Balaban J connectivity index is 0. The van der Waals surface area contributed by atoms with Gasteiger partial charge in [-0.05, 0) is 44.3 Å². The summed E-state index contributed by atoms with van der Waals surface area (Å²) in [5, 5.41) is 0. The third-order valence-electron chi connectivity index (χ3n) is 3.03. The molecule has 0 atom stereocenters. The second-order valence-corrected chi connectivity index (χ2v) is 5.26. The van der Waals surface area contributed by atoms with Gasteiger partial charge in [0.1, 0.15) is 0 Å². The largest absolute Gasteiger partial charge is 0.0958 e. The Bertz CT molecular complexity index is 371. The van der Waals surface area contributed by atoms with Crippen LogP contribution in [0.4, 0.5) is 0 Å². The van der Waals surface area contributed by atoms with E-state index in [-0.39, 0.29) is 0 Å². The van der Waals surface area contributed by atoms with E-state index in [2.05, 4.69) is 65.2 Å². The van der Waals surface area contributed by atoms with Crippen molar-refractivity contribution in [3.05, 3.63) is 59.8 Å². The monoisotopic (exact) mass is 288 g/mol. The summed E-state index contributed by atoms with van der Waals surface area (Å²) >= 11 is 0. The number of hydrogen-bond acceptors (Lipinski definition) is 0. The molecule has 0 spiro atoms. The Labute approximate surface area is 134 Å². The van der Waals surface area contributed by atoms with E-state index >= 15 is 0 Å². The van der Waals surface area contributed by atoms with Crippen molar-refractivity contribution in [1.82, 2.24) is 0 Å². The van der Waals surface area contributed by atoms with Gasteiger partial charge in [0.15, 0.2) is 0 Å². The number of unbranched alkanes of at least 4 members (excludes halogenated alkanes) is 2. The molecule has 120 valence electrons. The van der Waals surface area contributed by atoms with Gasteiger partial charge in [0, 0.05) is 0 Å². The zero-order valence-corrected chi connectivity index (χ0v) is 15.3. The van der Waals surface area contributed by atoms with E-state index in [9.17, 15) is 0 Å². The van der Waals surface area contributed by atoms with Crippen molar-refractivity contribution in [2.45, 2.75) is 73.6 Å². The molecule has 0 heteroatoms. The van der Waals surface area contributed by atoms with Crippen molar-refractivity contribution in [1.29, 1.82) is 0 Å². The molecule has 0 amide bonds. The van der Waals surface area contributed by atoms with Gasteiger partial charge >= 0.3 is 0 Å². The van der Waals surface area contributed by atoms with Crippen LogP contribution in [0.15, 0.2) is 59.8 Å². The molecule has 21 heavy (non-hydrogen) atoms. The molecule has 0 unspecified atom stereocenters. The molecule has 0 nitrogen and oxygen atoms in total. The zero-order chi connectivity index (χ0) is 16.7. The second kappa shape index (κ2) is 15.1. The van der Waals surface area contributed by atoms with Crippen molar-refractivity contribution < 1.29 is 0 Å². The van der Waals surface area contributed by atoms with Gasteiger partial charge in [-0.25, -0.2) is 0 Å². The maximum atomic E-state index is 4.15. The molecular formula is C21H36. The van der Waals surface area contributed by atoms with Crippen molar-refractivity contribution in [3.63, 3.8) is 0 Å². The molecule has 0 saturated carbocycles. The van der Waals surface area contributed by atoms with Crippen LogP contribution in [-0.4, -0.2) is 0 Å². The third-order valence-corrected chi connectivity index (χ3v) is 3.03. The fourth-order valence-electron chi connectivity index (χ4n) is 1.73. The summed E-state index contributed by atoms with van der Waals surface area (Å²) in [5.41, 5.74) is 4.90. The lowest BCUT2D eigenvalue weighted by Gasteiger charge is -2.04. The molecule has 0 radical (unpaired) electrons. The summed E-state index contributed by atoms with van der Waals surface area (Å²) in [6, 6.07) is 0. The first kappa shape index (κ1) is 22.0. The van der Waals surface area contributed by atoms with E-state index in [1.807, 2.05) is 13.8 Å². The second-order valence-electron chi connectivity index (χ2n) is 5.26. The van der Waals surface area contributed by atoms with Crippen LogP contribution in [0.3, 0.4) is 0 Å². The fourth-order valence-corrected chi connectivity index (χ4v) is 1.73. The molecule has 0 fully saturated rings. The van der Waals surface area contributed by atoms with Gasteiger partial charge in [0.25, 0.3) is 0 Å². The standard InChI is InChI=1S/C19H30.C2H6/c1-7-9-10-11-17(5)13-14-18(6)19(8-2)15-12-16(3)4;1-2/h12-15H,5-11H2,1-4H3;1-2H3/b14-13-,19-15+;. The molecule has 0 aromatic rings. The van der Waals surface area contributed by atoms with E-state index in [1.54, 1.807) is 0 Å². The first-order valence-electron chi connectivity index (χ1n) is 8.40. The predicted molar refractivity (Wildman–Crippen MR) is 101 cm³/mol. The van der Waals surface area contributed by atoms with Crippen LogP contribution in [0.1, 0.15) is 73.6 Å². The Morgan fingerprint density at radius 2 is 1.52 bits per heavy atom. The Hall–Kier alpha value is -1.30. The van der Waals surface area contributed by atoms with Crippen molar-refractivity contribution >= 4 is 0 Å². The van der Waals surface area contributed by atoms with Gasteiger partial charge < -0.3 is 0 Å². The Kier molecular flexibility index (Phi) is 15.8. The molecule has 0 heterocycles. The predicted octanol–water partition coefficient (Wildman–Crippen LogP) is 7.56. The number of hydrogen-bond donors (Lipinski definition) is 0. The summed E-state index contributed by atoms with van der Waals surface area (Å²) < 4.78 is 0. The lowest BCUT2D eigenvalue weighted by atomic mass is 10.0. The smallest absolute Gasteiger partial charge is 0.0285 e. The van der Waals surface area contributed by atoms with Gasteiger partial charge in [-0.2, -0.15) is 0 Å². The molecule has 0 aliphatic carbocycles. The lowest BCUT2D eigenvalue weighted by molar-refractivity contribution is 0.720. The van der Waals surface area contributed by atoms with Crippen molar-refractivity contribution in [2.75, 3.05) is 0 Å². The summed E-state index contributed by atoms with van der Waals surface area (Å²) in [5.74, 6) is 0. The molecule has 0 aliphatic rings. The molecule has 0 saturated heterocycles. The van der Waals surface area contributed by atoms with Gasteiger partial charge in [0.05, 0.1) is 0 Å². The van der Waals surface area contributed by atoms with Crippen LogP contribution >= 0.6 is 0 Å². The minimum atomic E-state index is 1.01. The summed E-state index contributed by atoms with van der Waals surface area (Å²) in [6.45, 7) is 20.9. The first-order chi connectivity index (χ1) is 10.0. The molecule has 0 bridgehead atoms. The molecule has 0 N–H and O–H groups in total. The highest BCUT2D eigenvalue weighted by Gasteiger charge is 1.96. The maximum Gasteiger partial charge on any atom is -0.0285 e. The van der Waals surface area contributed by atoms with Gasteiger partial charge in [0.2, 0.25) is 0 Å². The molecule has 0 aromatic heterocycles. The third kappa shape index (κ3) is 13.4. The Morgan fingerprint density at radius 1 is 0.905 bits per heavy atom. The Morgan fingerprint density at radius 3 is 2.00 bits per heavy atom. The highest BCUT2D eigenvalue weighted by Crippen LogP contribution is 2.16. The van der Waals surface area contributed by atoms with E-state index < -0.39 is 0 Å². The van der Waals surface area contributed by atoms with Gasteiger partial charge in [-0.3, -0.25) is 0 Å². The van der Waals surface area contributed by atoms with E-state index in [1.165, 1.54) is 36.0 Å². The average molecular weight is 289 g/mol. The molecular weight excluding hydrogens is 252 g/mol. The van der Waals surface area contributed by atoms with E-state index in [4.69, 9.17) is 0 Å². The van der Waals surface area contributed by atoms with Crippen molar-refractivity contribution in [3.8, 4) is 0 Å². The molecule has 0 aromatic carbocycles. The van der Waals surface area contributed by atoms with Crippen LogP contribution in [0.5, 0.6) is 0 Å². The first-order valence-corrected chi connectivity index (χ1v) is 8.40. The van der Waals surface area contributed by atoms with Crippen LogP contribution in [0, 0.1) is 0 Å². The zero-order valence-electron chi connectivity index (χ0n) is 15.3. The van der Waals surface area contributed by atoms with Crippen LogP contribution in [0.2, 0.25) is 0 Å². The summed E-state index contributed by atoms with van der Waals surface area (Å²) in [4.78, 5) is 0. The van der Waals surface area contributed by atoms with E-state index in [0.717, 1.165) is 18.4 Å². The number of allylic oxidation sites excluding steroid dienone is 8. The van der Waals surface area contributed by atoms with Crippen LogP contribution in [0.25, 0.3) is 0 Å². The quantitative estimate of drug-likeness (QED) is 0.303. The minimum Gasteiger partial charge on any atom is -0.0958 e. The van der Waals surface area contributed by atoms with Gasteiger partial charge in [-0.1, -0.05) is 89.1 Å². The molecule has 0 aliphatic heterocycles. The highest BCUT2D eigenvalue weighted by atomic mass is 14.0. The average Bonchev–Trinajstić information content (AvgIpc) is 2.47.